The maximum atomic E-state index is 12.7. The number of amides is 2. The largest absolute Gasteiger partial charge is 0.354 e. The molecule has 0 radical (unpaired) electrons. The zero-order valence-electron chi connectivity index (χ0n) is 21.4. The summed E-state index contributed by atoms with van der Waals surface area (Å²) >= 11 is 13.7. The number of carbonyl (C=O) groups excluding carboxylic acids is 2. The summed E-state index contributed by atoms with van der Waals surface area (Å²) in [5.74, 6) is 1.00. The van der Waals surface area contributed by atoms with Gasteiger partial charge in [-0.25, -0.2) is 9.97 Å². The molecule has 0 bridgehead atoms. The van der Waals surface area contributed by atoms with Gasteiger partial charge in [-0.05, 0) is 38.8 Å². The molecule has 9 nitrogen and oxygen atoms in total. The lowest BCUT2D eigenvalue weighted by Crippen LogP contribution is -2.38. The van der Waals surface area contributed by atoms with Crippen molar-refractivity contribution < 1.29 is 14.1 Å². The van der Waals surface area contributed by atoms with E-state index in [-0.39, 0.29) is 30.6 Å². The first kappa shape index (κ1) is 27.2. The van der Waals surface area contributed by atoms with Gasteiger partial charge in [0.05, 0.1) is 32.6 Å². The average Bonchev–Trinajstić information content (AvgIpc) is 3.61. The summed E-state index contributed by atoms with van der Waals surface area (Å²) in [5, 5.41) is 10.8. The molecule has 3 aromatic heterocycles. The summed E-state index contributed by atoms with van der Waals surface area (Å²) < 4.78 is 5.54. The number of piperidine rings is 1. The number of nitrogens with one attached hydrogen (secondary N) is 1. The second-order valence-electron chi connectivity index (χ2n) is 9.42. The highest BCUT2D eigenvalue weighted by Gasteiger charge is 2.26. The Hall–Kier alpha value is -3.34. The van der Waals surface area contributed by atoms with Crippen molar-refractivity contribution in [2.75, 3.05) is 18.4 Å². The van der Waals surface area contributed by atoms with Gasteiger partial charge in [0.25, 0.3) is 0 Å². The second kappa shape index (κ2) is 11.8. The van der Waals surface area contributed by atoms with Crippen LogP contribution in [0.2, 0.25) is 10.0 Å². The topological polar surface area (TPSA) is 114 Å². The Balaban J connectivity index is 1.12. The van der Waals surface area contributed by atoms with Crippen LogP contribution >= 0.6 is 34.5 Å². The number of nitrogens with zero attached hydrogens (tertiary/aromatic N) is 5. The minimum atomic E-state index is -0.246. The quantitative estimate of drug-likeness (QED) is 0.271. The van der Waals surface area contributed by atoms with Crippen molar-refractivity contribution in [1.82, 2.24) is 25.0 Å². The summed E-state index contributed by atoms with van der Waals surface area (Å²) in [7, 11) is 0. The van der Waals surface area contributed by atoms with Crippen molar-refractivity contribution in [1.29, 1.82) is 0 Å². The molecule has 5 rings (SSSR count). The number of anilines is 1. The zero-order valence-corrected chi connectivity index (χ0v) is 23.7. The van der Waals surface area contributed by atoms with E-state index in [9.17, 15) is 9.59 Å². The predicted molar refractivity (Wildman–Crippen MR) is 151 cm³/mol. The maximum Gasteiger partial charge on any atom is 0.226 e. The van der Waals surface area contributed by atoms with Crippen molar-refractivity contribution in [3.8, 4) is 22.7 Å². The van der Waals surface area contributed by atoms with Gasteiger partial charge < -0.3 is 14.7 Å². The fraction of sp³-hybridized carbons (Fsp3) is 0.333. The van der Waals surface area contributed by atoms with Gasteiger partial charge in [-0.3, -0.25) is 14.6 Å². The van der Waals surface area contributed by atoms with Gasteiger partial charge in [0.15, 0.2) is 11.6 Å². The lowest BCUT2D eigenvalue weighted by Gasteiger charge is -2.31. The molecule has 2 amide bonds. The highest BCUT2D eigenvalue weighted by atomic mass is 35.5. The van der Waals surface area contributed by atoms with E-state index < -0.39 is 0 Å². The molecule has 39 heavy (non-hydrogen) atoms. The number of aryl methyl sites for hydroxylation is 2. The van der Waals surface area contributed by atoms with E-state index in [1.807, 2.05) is 29.3 Å². The molecule has 4 aromatic rings. The van der Waals surface area contributed by atoms with Crippen LogP contribution in [0.1, 0.15) is 48.0 Å². The smallest absolute Gasteiger partial charge is 0.226 e. The number of halogens is 2. The monoisotopic (exact) mass is 584 g/mol. The molecule has 0 spiro atoms. The Kier molecular flexibility index (Phi) is 8.25. The van der Waals surface area contributed by atoms with Crippen LogP contribution in [-0.2, 0) is 9.59 Å². The Morgan fingerprint density at radius 3 is 2.62 bits per heavy atom. The van der Waals surface area contributed by atoms with Crippen LogP contribution in [-0.4, -0.2) is 49.9 Å². The molecular formula is C27H26Cl2N6O3S. The van der Waals surface area contributed by atoms with Crippen LogP contribution in [0.4, 0.5) is 5.82 Å². The first-order valence-corrected chi connectivity index (χ1v) is 14.2. The minimum Gasteiger partial charge on any atom is -0.354 e. The Morgan fingerprint density at radius 2 is 1.87 bits per heavy atom. The van der Waals surface area contributed by atoms with E-state index in [0.29, 0.717) is 46.1 Å². The fourth-order valence-corrected chi connectivity index (χ4v) is 5.72. The number of benzene rings is 1. The molecule has 0 unspecified atom stereocenters. The lowest BCUT2D eigenvalue weighted by molar-refractivity contribution is -0.133. The maximum absolute atomic E-state index is 12.7. The van der Waals surface area contributed by atoms with Crippen LogP contribution in [0, 0.1) is 13.8 Å². The van der Waals surface area contributed by atoms with Gasteiger partial charge in [-0.2, -0.15) is 0 Å². The first-order chi connectivity index (χ1) is 18.8. The average molecular weight is 586 g/mol. The van der Waals surface area contributed by atoms with E-state index in [1.165, 1.54) is 0 Å². The van der Waals surface area contributed by atoms with Gasteiger partial charge in [-0.1, -0.05) is 34.4 Å². The molecule has 1 saturated heterocycles. The number of likely N-dealkylation sites (tertiary alicyclic amines) is 1. The molecule has 0 saturated carbocycles. The van der Waals surface area contributed by atoms with Crippen molar-refractivity contribution in [3.05, 3.63) is 62.3 Å². The van der Waals surface area contributed by atoms with Crippen LogP contribution in [0.25, 0.3) is 22.7 Å². The first-order valence-electron chi connectivity index (χ1n) is 12.5. The highest BCUT2D eigenvalue weighted by molar-refractivity contribution is 7.10. The number of rotatable bonds is 7. The van der Waals surface area contributed by atoms with Crippen LogP contribution in [0.15, 0.2) is 40.4 Å². The molecule has 0 aliphatic carbocycles. The number of carbonyl (C=O) groups is 2. The van der Waals surface area contributed by atoms with Gasteiger partial charge in [0, 0.05) is 48.9 Å². The van der Waals surface area contributed by atoms with E-state index in [1.54, 1.807) is 36.6 Å². The third-order valence-corrected chi connectivity index (χ3v) is 8.33. The molecule has 1 N–H and O–H groups in total. The molecule has 0 atom stereocenters. The summed E-state index contributed by atoms with van der Waals surface area (Å²) in [5.41, 5.74) is 3.62. The molecule has 202 valence electrons. The van der Waals surface area contributed by atoms with E-state index in [2.05, 4.69) is 20.4 Å². The summed E-state index contributed by atoms with van der Waals surface area (Å²) in [6.45, 7) is 4.89. The van der Waals surface area contributed by atoms with Crippen LogP contribution in [0.3, 0.4) is 0 Å². The van der Waals surface area contributed by atoms with Crippen LogP contribution < -0.4 is 5.32 Å². The van der Waals surface area contributed by atoms with Crippen molar-refractivity contribution in [2.45, 2.75) is 45.4 Å². The van der Waals surface area contributed by atoms with Crippen molar-refractivity contribution in [3.63, 3.8) is 0 Å². The molecule has 1 aromatic carbocycles. The fourth-order valence-electron chi connectivity index (χ4n) is 4.45. The van der Waals surface area contributed by atoms with Crippen LogP contribution in [0.5, 0.6) is 0 Å². The third kappa shape index (κ3) is 6.46. The normalized spacial score (nSPS) is 14.0. The van der Waals surface area contributed by atoms with Gasteiger partial charge in [-0.15, -0.1) is 11.3 Å². The molecule has 1 aliphatic heterocycles. The predicted octanol–water partition coefficient (Wildman–Crippen LogP) is 6.30. The van der Waals surface area contributed by atoms with Crippen molar-refractivity contribution >= 4 is 52.2 Å². The molecule has 1 fully saturated rings. The van der Waals surface area contributed by atoms with Gasteiger partial charge >= 0.3 is 0 Å². The minimum absolute atomic E-state index is 0.0216. The Bertz CT molecular complexity index is 1510. The molecule has 4 heterocycles. The summed E-state index contributed by atoms with van der Waals surface area (Å²) in [4.78, 5) is 40.2. The summed E-state index contributed by atoms with van der Waals surface area (Å²) in [6, 6.07) is 7.15. The van der Waals surface area contributed by atoms with Crippen molar-refractivity contribution in [2.24, 2.45) is 0 Å². The molecule has 12 heteroatoms. The summed E-state index contributed by atoms with van der Waals surface area (Å²) in [6.07, 6.45) is 3.49. The van der Waals surface area contributed by atoms with E-state index in [4.69, 9.17) is 32.7 Å². The molecular weight excluding hydrogens is 559 g/mol. The lowest BCUT2D eigenvalue weighted by atomic mass is 9.97. The SMILES string of the molecule is Cc1cnc(NC(=O)CCC(=O)N2CCC(c3nc(-c4cc(-c5ccc(Cl)c(Cl)c5)no4)cs3)CC2)c(C)n1. The van der Waals surface area contributed by atoms with E-state index >= 15 is 0 Å². The number of thiazole rings is 1. The Labute approximate surface area is 239 Å². The number of hydrogen-bond acceptors (Lipinski definition) is 8. The Morgan fingerprint density at radius 1 is 1.08 bits per heavy atom. The van der Waals surface area contributed by atoms with Gasteiger partial charge in [0.2, 0.25) is 11.8 Å². The van der Waals surface area contributed by atoms with E-state index in [0.717, 1.165) is 34.8 Å². The molecule has 1 aliphatic rings. The second-order valence-corrected chi connectivity index (χ2v) is 11.1. The van der Waals surface area contributed by atoms with Gasteiger partial charge in [0.1, 0.15) is 11.4 Å². The number of aromatic nitrogens is 4. The number of hydrogen-bond donors (Lipinski definition) is 1. The zero-order chi connectivity index (χ0) is 27.5. The third-order valence-electron chi connectivity index (χ3n) is 6.59. The standard InChI is InChI=1S/C27H26Cl2N6O3S/c1-15-13-30-26(16(2)31-15)33-24(36)5-6-25(37)35-9-7-17(8-10-35)27-32-22(14-39-27)23-12-21(34-38-23)18-3-4-19(28)20(29)11-18/h3-4,11-14,17H,5-10H2,1-2H3,(H,30,33,36). The highest BCUT2D eigenvalue weighted by Crippen LogP contribution is 2.35.